The summed E-state index contributed by atoms with van der Waals surface area (Å²) in [4.78, 5) is 25.4. The minimum Gasteiger partial charge on any atom is -0.379 e. The third-order valence-electron chi connectivity index (χ3n) is 11.1. The van der Waals surface area contributed by atoms with Crippen LogP contribution in [0.1, 0.15) is 185 Å². The molecule has 0 aliphatic rings. The fourth-order valence-electron chi connectivity index (χ4n) is 8.10. The third-order valence-corrected chi connectivity index (χ3v) is 11.1. The van der Waals surface area contributed by atoms with Crippen molar-refractivity contribution in [3.8, 4) is 0 Å². The van der Waals surface area contributed by atoms with Gasteiger partial charge in [-0.1, -0.05) is 166 Å². The van der Waals surface area contributed by atoms with Crippen LogP contribution in [-0.2, 0) is 19.1 Å². The summed E-state index contributed by atoms with van der Waals surface area (Å²) in [5, 5.41) is 13.3. The van der Waals surface area contributed by atoms with Crippen LogP contribution in [0, 0.1) is 67.0 Å². The molecule has 0 aromatic heterocycles. The summed E-state index contributed by atoms with van der Waals surface area (Å²) in [6.45, 7) is 61.1. The molecule has 2 amide bonds. The highest BCUT2D eigenvalue weighted by Crippen LogP contribution is 2.40. The number of rotatable bonds is 21. The summed E-state index contributed by atoms with van der Waals surface area (Å²) in [7, 11) is 0. The van der Waals surface area contributed by atoms with E-state index in [2.05, 4.69) is 187 Å². The number of carbonyl (C=O) groups is 2. The predicted octanol–water partition coefficient (Wildman–Crippen LogP) is 11.4. The first-order chi connectivity index (χ1) is 26.2. The van der Waals surface area contributed by atoms with E-state index >= 15 is 0 Å². The van der Waals surface area contributed by atoms with Gasteiger partial charge in [0.25, 0.3) is 0 Å². The lowest BCUT2D eigenvalue weighted by Gasteiger charge is -2.39. The Bertz CT molecular complexity index is 1090. The van der Waals surface area contributed by atoms with Crippen LogP contribution in [0.25, 0.3) is 0 Å². The van der Waals surface area contributed by atoms with Crippen LogP contribution in [0.2, 0.25) is 0 Å². The molecule has 59 heavy (non-hydrogen) atoms. The molecule has 0 saturated carbocycles. The Morgan fingerprint density at radius 3 is 0.966 bits per heavy atom. The minimum absolute atomic E-state index is 0.0384. The number of amides is 2. The number of hydrogen-bond acceptors (Lipinski definition) is 6. The zero-order valence-electron chi connectivity index (χ0n) is 44.1. The van der Waals surface area contributed by atoms with Crippen molar-refractivity contribution in [2.24, 2.45) is 67.0 Å². The SMILES string of the molecule is CC(C)(C)CC(C(=O)NCCOCCNC(=O)C(C(C)(C)C)C(C)(C)C)C(C)(C)C.CC(C)(C)CC(CNCCOCCNCC(CC(C)(C)C)C(C)(C)C)C(C)(C)C. The van der Waals surface area contributed by atoms with Crippen molar-refractivity contribution in [2.75, 3.05) is 65.7 Å². The molecule has 4 N–H and O–H groups in total. The fraction of sp³-hybridized carbons (Fsp3) is 0.961. The smallest absolute Gasteiger partial charge is 0.224 e. The van der Waals surface area contributed by atoms with E-state index in [1.165, 1.54) is 12.8 Å². The lowest BCUT2D eigenvalue weighted by atomic mass is 9.66. The Balaban J connectivity index is 0. The Labute approximate surface area is 369 Å². The van der Waals surface area contributed by atoms with E-state index in [-0.39, 0.29) is 45.3 Å². The number of hydrogen-bond donors (Lipinski definition) is 4. The Kier molecular flexibility index (Phi) is 25.5. The van der Waals surface area contributed by atoms with Gasteiger partial charge in [-0.15, -0.1) is 0 Å². The molecular formula is C51H106N4O4. The molecule has 0 spiro atoms. The second kappa shape index (κ2) is 25.2. The van der Waals surface area contributed by atoms with Crippen LogP contribution >= 0.6 is 0 Å². The van der Waals surface area contributed by atoms with Crippen molar-refractivity contribution in [1.82, 2.24) is 21.3 Å². The number of ether oxygens (including phenoxy) is 2. The van der Waals surface area contributed by atoms with E-state index in [9.17, 15) is 9.59 Å². The van der Waals surface area contributed by atoms with E-state index < -0.39 is 0 Å². The molecule has 354 valence electrons. The highest BCUT2D eigenvalue weighted by Gasteiger charge is 2.40. The molecule has 8 heteroatoms. The van der Waals surface area contributed by atoms with E-state index in [1.807, 2.05) is 0 Å². The van der Waals surface area contributed by atoms with Gasteiger partial charge in [-0.05, 0) is 87.5 Å². The Morgan fingerprint density at radius 1 is 0.390 bits per heavy atom. The lowest BCUT2D eigenvalue weighted by Crippen LogP contribution is -2.46. The summed E-state index contributed by atoms with van der Waals surface area (Å²) in [5.41, 5.74) is 1.22. The second-order valence-corrected chi connectivity index (χ2v) is 26.7. The van der Waals surface area contributed by atoms with Crippen LogP contribution in [0.5, 0.6) is 0 Å². The lowest BCUT2D eigenvalue weighted by molar-refractivity contribution is -0.133. The van der Waals surface area contributed by atoms with Gasteiger partial charge in [-0.3, -0.25) is 9.59 Å². The highest BCUT2D eigenvalue weighted by atomic mass is 16.5. The van der Waals surface area contributed by atoms with Gasteiger partial charge < -0.3 is 30.7 Å². The van der Waals surface area contributed by atoms with E-state index in [0.717, 1.165) is 45.8 Å². The third kappa shape index (κ3) is 31.3. The molecule has 0 bridgehead atoms. The van der Waals surface area contributed by atoms with Crippen LogP contribution in [0.15, 0.2) is 0 Å². The quantitative estimate of drug-likeness (QED) is 0.0859. The van der Waals surface area contributed by atoms with Gasteiger partial charge in [-0.2, -0.15) is 0 Å². The van der Waals surface area contributed by atoms with Crippen LogP contribution in [-0.4, -0.2) is 77.5 Å². The normalized spacial score (nSPS) is 15.3. The van der Waals surface area contributed by atoms with Gasteiger partial charge in [0.05, 0.1) is 26.4 Å². The van der Waals surface area contributed by atoms with Gasteiger partial charge in [0.15, 0.2) is 0 Å². The van der Waals surface area contributed by atoms with Crippen molar-refractivity contribution in [3.05, 3.63) is 0 Å². The van der Waals surface area contributed by atoms with Gasteiger partial charge in [0.2, 0.25) is 11.8 Å². The molecular weight excluding hydrogens is 733 g/mol. The van der Waals surface area contributed by atoms with E-state index in [0.29, 0.717) is 59.8 Å². The maximum absolute atomic E-state index is 12.7. The summed E-state index contributed by atoms with van der Waals surface area (Å²) in [5.74, 6) is 1.40. The first kappa shape index (κ1) is 59.9. The standard InChI is InChI=1S/C26H56N2O.C25H50N2O3/c1-23(2,3)17-21(25(7,8)9)19-27-13-15-29-16-14-28-20-22(26(10,11)12)18-24(4,5)6;1-22(2,3)17-18(23(4,5)6)20(28)26-13-15-30-16-14-27-21(29)19(24(7,8)9)25(10,11)12/h21-22,27-28H,13-20H2,1-12H3;18-19H,13-17H2,1-12H3,(H,26,28)(H,27,29). The summed E-state index contributed by atoms with van der Waals surface area (Å²) >= 11 is 0. The van der Waals surface area contributed by atoms with E-state index in [1.54, 1.807) is 0 Å². The monoisotopic (exact) mass is 839 g/mol. The predicted molar refractivity (Wildman–Crippen MR) is 257 cm³/mol. The molecule has 8 nitrogen and oxygen atoms in total. The summed E-state index contributed by atoms with van der Waals surface area (Å²) in [6.07, 6.45) is 3.34. The molecule has 3 atom stereocenters. The van der Waals surface area contributed by atoms with Crippen LogP contribution in [0.4, 0.5) is 0 Å². The molecule has 0 fully saturated rings. The van der Waals surface area contributed by atoms with Crippen LogP contribution < -0.4 is 21.3 Å². The molecule has 0 aliphatic carbocycles. The van der Waals surface area contributed by atoms with Crippen molar-refractivity contribution in [2.45, 2.75) is 185 Å². The Hall–Kier alpha value is -1.22. The summed E-state index contributed by atoms with van der Waals surface area (Å²) < 4.78 is 11.5. The summed E-state index contributed by atoms with van der Waals surface area (Å²) in [6, 6.07) is 0. The van der Waals surface area contributed by atoms with Gasteiger partial charge in [-0.25, -0.2) is 0 Å². The topological polar surface area (TPSA) is 101 Å². The molecule has 0 rings (SSSR count). The Morgan fingerprint density at radius 2 is 0.695 bits per heavy atom. The minimum atomic E-state index is -0.107. The molecule has 0 heterocycles. The molecule has 0 aromatic carbocycles. The van der Waals surface area contributed by atoms with Gasteiger partial charge in [0, 0.05) is 38.0 Å². The van der Waals surface area contributed by atoms with Gasteiger partial charge >= 0.3 is 0 Å². The maximum atomic E-state index is 12.7. The molecule has 3 unspecified atom stereocenters. The maximum Gasteiger partial charge on any atom is 0.224 e. The first-order valence-corrected chi connectivity index (χ1v) is 23.3. The zero-order valence-corrected chi connectivity index (χ0v) is 44.1. The average molecular weight is 839 g/mol. The number of carbonyl (C=O) groups excluding carboxylic acids is 2. The second-order valence-electron chi connectivity index (χ2n) is 26.7. The van der Waals surface area contributed by atoms with Crippen molar-refractivity contribution < 1.29 is 19.1 Å². The van der Waals surface area contributed by atoms with Crippen LogP contribution in [0.3, 0.4) is 0 Å². The molecule has 0 aliphatic heterocycles. The first-order valence-electron chi connectivity index (χ1n) is 23.3. The number of nitrogens with one attached hydrogen (secondary N) is 4. The highest BCUT2D eigenvalue weighted by molar-refractivity contribution is 5.80. The largest absolute Gasteiger partial charge is 0.379 e. The van der Waals surface area contributed by atoms with Crippen molar-refractivity contribution in [1.29, 1.82) is 0 Å². The van der Waals surface area contributed by atoms with Crippen molar-refractivity contribution >= 4 is 11.8 Å². The van der Waals surface area contributed by atoms with Crippen molar-refractivity contribution in [3.63, 3.8) is 0 Å². The fourth-order valence-corrected chi connectivity index (χ4v) is 8.10. The molecule has 0 saturated heterocycles. The van der Waals surface area contributed by atoms with E-state index in [4.69, 9.17) is 9.47 Å². The molecule has 0 radical (unpaired) electrons. The van der Waals surface area contributed by atoms with Gasteiger partial charge in [0.1, 0.15) is 0 Å². The zero-order chi connectivity index (χ0) is 46.9. The average Bonchev–Trinajstić information content (AvgIpc) is 2.96. The molecule has 0 aromatic rings.